The smallest absolute Gasteiger partial charge is 0.211 e. The van der Waals surface area contributed by atoms with E-state index in [1.807, 2.05) is 37.4 Å². The van der Waals surface area contributed by atoms with Crippen molar-refractivity contribution in [1.29, 1.82) is 0 Å². The van der Waals surface area contributed by atoms with Gasteiger partial charge in [-0.3, -0.25) is 0 Å². The first-order chi connectivity index (χ1) is 7.48. The molecule has 0 aliphatic carbocycles. The molecule has 0 aliphatic heterocycles. The van der Waals surface area contributed by atoms with Crippen LogP contribution in [0.4, 0.5) is 0 Å². The molecule has 1 N–H and O–H groups in total. The van der Waals surface area contributed by atoms with Crippen molar-refractivity contribution in [1.82, 2.24) is 4.72 Å². The number of benzene rings is 1. The first-order valence-corrected chi connectivity index (χ1v) is 8.00. The van der Waals surface area contributed by atoms with Gasteiger partial charge in [0.2, 0.25) is 10.0 Å². The number of hydrogen-bond acceptors (Lipinski definition) is 3. The highest BCUT2D eigenvalue weighted by atomic mass is 32.2. The zero-order chi connectivity index (χ0) is 12.2. The summed E-state index contributed by atoms with van der Waals surface area (Å²) in [4.78, 5) is 1.18. The summed E-state index contributed by atoms with van der Waals surface area (Å²) in [6, 6.07) is 7.72. The monoisotopic (exact) mass is 259 g/mol. The van der Waals surface area contributed by atoms with Crippen LogP contribution in [0.2, 0.25) is 0 Å². The quantitative estimate of drug-likeness (QED) is 0.826. The third-order valence-corrected chi connectivity index (χ3v) is 4.57. The van der Waals surface area contributed by atoms with Crippen LogP contribution >= 0.6 is 11.8 Å². The van der Waals surface area contributed by atoms with Gasteiger partial charge in [-0.1, -0.05) is 12.1 Å². The van der Waals surface area contributed by atoms with Crippen molar-refractivity contribution in [2.45, 2.75) is 24.8 Å². The maximum absolute atomic E-state index is 11.4. The molecule has 0 heterocycles. The van der Waals surface area contributed by atoms with E-state index in [0.717, 1.165) is 5.56 Å². The summed E-state index contributed by atoms with van der Waals surface area (Å²) < 4.78 is 25.4. The topological polar surface area (TPSA) is 46.2 Å². The van der Waals surface area contributed by atoms with E-state index in [4.69, 9.17) is 0 Å². The Kier molecular flexibility index (Phi) is 4.83. The van der Waals surface area contributed by atoms with Crippen LogP contribution in [0.1, 0.15) is 25.5 Å². The molecule has 0 aliphatic rings. The highest BCUT2D eigenvalue weighted by molar-refractivity contribution is 7.98. The van der Waals surface area contributed by atoms with Gasteiger partial charge in [0, 0.05) is 10.9 Å². The zero-order valence-corrected chi connectivity index (χ0v) is 11.4. The maximum atomic E-state index is 11.4. The summed E-state index contributed by atoms with van der Waals surface area (Å²) in [6.45, 7) is 3.48. The molecule has 0 amide bonds. The van der Waals surface area contributed by atoms with E-state index >= 15 is 0 Å². The van der Waals surface area contributed by atoms with Gasteiger partial charge in [-0.05, 0) is 37.8 Å². The molecule has 0 bridgehead atoms. The van der Waals surface area contributed by atoms with E-state index in [0.29, 0.717) is 0 Å². The second-order valence-electron chi connectivity index (χ2n) is 3.52. The van der Waals surface area contributed by atoms with Crippen LogP contribution in [0.15, 0.2) is 29.2 Å². The van der Waals surface area contributed by atoms with Crippen molar-refractivity contribution in [3.05, 3.63) is 29.8 Å². The van der Waals surface area contributed by atoms with Crippen LogP contribution in [-0.4, -0.2) is 20.4 Å². The number of rotatable bonds is 5. The van der Waals surface area contributed by atoms with Crippen LogP contribution in [0.5, 0.6) is 0 Å². The zero-order valence-electron chi connectivity index (χ0n) is 9.73. The van der Waals surface area contributed by atoms with Crippen molar-refractivity contribution in [3.63, 3.8) is 0 Å². The van der Waals surface area contributed by atoms with Crippen LogP contribution in [-0.2, 0) is 10.0 Å². The molecule has 0 fully saturated rings. The van der Waals surface area contributed by atoms with Gasteiger partial charge >= 0.3 is 0 Å². The van der Waals surface area contributed by atoms with Crippen LogP contribution < -0.4 is 4.72 Å². The summed E-state index contributed by atoms with van der Waals surface area (Å²) in [5.41, 5.74) is 0.981. The molecule has 0 saturated heterocycles. The van der Waals surface area contributed by atoms with Gasteiger partial charge in [-0.25, -0.2) is 13.1 Å². The molecule has 1 rings (SSSR count). The molecule has 3 nitrogen and oxygen atoms in total. The molecule has 0 radical (unpaired) electrons. The fraction of sp³-hybridized carbons (Fsp3) is 0.455. The van der Waals surface area contributed by atoms with E-state index in [1.54, 1.807) is 18.7 Å². The molecule has 0 aromatic heterocycles. The molecule has 1 aromatic carbocycles. The summed E-state index contributed by atoms with van der Waals surface area (Å²) in [6.07, 6.45) is 2.01. The van der Waals surface area contributed by atoms with Gasteiger partial charge in [0.25, 0.3) is 0 Å². The first-order valence-electron chi connectivity index (χ1n) is 5.12. The lowest BCUT2D eigenvalue weighted by Crippen LogP contribution is -2.28. The number of sulfonamides is 1. The summed E-state index contributed by atoms with van der Waals surface area (Å²) in [7, 11) is -3.14. The number of thioether (sulfide) groups is 1. The van der Waals surface area contributed by atoms with Crippen LogP contribution in [0, 0.1) is 0 Å². The summed E-state index contributed by atoms with van der Waals surface area (Å²) in [5.74, 6) is 0.111. The molecule has 1 aromatic rings. The van der Waals surface area contributed by atoms with E-state index in [-0.39, 0.29) is 11.8 Å². The molecule has 1 atom stereocenters. The Hall–Kier alpha value is -0.520. The summed E-state index contributed by atoms with van der Waals surface area (Å²) >= 11 is 1.67. The Balaban J connectivity index is 2.77. The lowest BCUT2D eigenvalue weighted by atomic mass is 10.1. The standard InChI is InChI=1S/C11H17NO2S2/c1-4-16(13,14)12-9(2)10-5-7-11(15-3)8-6-10/h5-9,12H,4H2,1-3H3/t9-/m1/s1. The van der Waals surface area contributed by atoms with E-state index in [2.05, 4.69) is 4.72 Å². The number of hydrogen-bond donors (Lipinski definition) is 1. The Morgan fingerprint density at radius 3 is 2.31 bits per heavy atom. The second-order valence-corrected chi connectivity index (χ2v) is 6.44. The fourth-order valence-corrected chi connectivity index (χ4v) is 2.56. The largest absolute Gasteiger partial charge is 0.212 e. The molecule has 0 unspecified atom stereocenters. The first kappa shape index (κ1) is 13.5. The Morgan fingerprint density at radius 1 is 1.31 bits per heavy atom. The minimum Gasteiger partial charge on any atom is -0.212 e. The Bertz CT molecular complexity index is 426. The summed E-state index contributed by atoms with van der Waals surface area (Å²) in [5, 5.41) is 0. The van der Waals surface area contributed by atoms with Gasteiger partial charge in [-0.15, -0.1) is 11.8 Å². The molecule has 0 spiro atoms. The van der Waals surface area contributed by atoms with Crippen LogP contribution in [0.25, 0.3) is 0 Å². The van der Waals surface area contributed by atoms with E-state index < -0.39 is 10.0 Å². The molecule has 16 heavy (non-hydrogen) atoms. The van der Waals surface area contributed by atoms with Gasteiger partial charge in [-0.2, -0.15) is 0 Å². The number of nitrogens with one attached hydrogen (secondary N) is 1. The minimum atomic E-state index is -3.14. The molecule has 90 valence electrons. The van der Waals surface area contributed by atoms with Crippen molar-refractivity contribution >= 4 is 21.8 Å². The SMILES string of the molecule is CCS(=O)(=O)N[C@H](C)c1ccc(SC)cc1. The third kappa shape index (κ3) is 3.81. The Labute approximate surface area is 102 Å². The van der Waals surface area contributed by atoms with Crippen molar-refractivity contribution in [2.75, 3.05) is 12.0 Å². The lowest BCUT2D eigenvalue weighted by Gasteiger charge is -2.13. The predicted molar refractivity (Wildman–Crippen MR) is 69.2 cm³/mol. The molecule has 5 heteroatoms. The minimum absolute atomic E-state index is 0.111. The highest BCUT2D eigenvalue weighted by Gasteiger charge is 2.13. The highest BCUT2D eigenvalue weighted by Crippen LogP contribution is 2.19. The van der Waals surface area contributed by atoms with Gasteiger partial charge < -0.3 is 0 Å². The van der Waals surface area contributed by atoms with Crippen molar-refractivity contribution < 1.29 is 8.42 Å². The average Bonchev–Trinajstić information content (AvgIpc) is 2.28. The fourth-order valence-electron chi connectivity index (χ4n) is 1.31. The lowest BCUT2D eigenvalue weighted by molar-refractivity contribution is 0.568. The van der Waals surface area contributed by atoms with Crippen LogP contribution in [0.3, 0.4) is 0 Å². The van der Waals surface area contributed by atoms with Crippen molar-refractivity contribution in [3.8, 4) is 0 Å². The maximum Gasteiger partial charge on any atom is 0.211 e. The van der Waals surface area contributed by atoms with Gasteiger partial charge in [0.15, 0.2) is 0 Å². The predicted octanol–water partition coefficient (Wildman–Crippen LogP) is 2.41. The van der Waals surface area contributed by atoms with Gasteiger partial charge in [0.1, 0.15) is 0 Å². The Morgan fingerprint density at radius 2 is 1.88 bits per heavy atom. The average molecular weight is 259 g/mol. The van der Waals surface area contributed by atoms with Crippen molar-refractivity contribution in [2.24, 2.45) is 0 Å². The molecular weight excluding hydrogens is 242 g/mol. The molecular formula is C11H17NO2S2. The van der Waals surface area contributed by atoms with Gasteiger partial charge in [0.05, 0.1) is 5.75 Å². The van der Waals surface area contributed by atoms with E-state index in [9.17, 15) is 8.42 Å². The molecule has 0 saturated carbocycles. The van der Waals surface area contributed by atoms with E-state index in [1.165, 1.54) is 4.90 Å². The third-order valence-electron chi connectivity index (χ3n) is 2.35. The normalized spacial score (nSPS) is 13.7. The second kappa shape index (κ2) is 5.70.